The summed E-state index contributed by atoms with van der Waals surface area (Å²) < 4.78 is 35.7. The second-order valence-electron chi connectivity index (χ2n) is 4.65. The Morgan fingerprint density at radius 2 is 1.88 bits per heavy atom. The van der Waals surface area contributed by atoms with Gasteiger partial charge in [0.05, 0.1) is 12.0 Å². The Balaban J connectivity index is 2.11. The Labute approximate surface area is 100 Å². The summed E-state index contributed by atoms with van der Waals surface area (Å²) in [5.41, 5.74) is 0. The van der Waals surface area contributed by atoms with Crippen molar-refractivity contribution >= 4 is 0 Å². The molecule has 1 fully saturated rings. The average molecular weight is 248 g/mol. The molecule has 98 valence electrons. The Kier molecular flexibility index (Phi) is 5.76. The first-order chi connectivity index (χ1) is 8.03. The third kappa shape index (κ3) is 5.92. The van der Waals surface area contributed by atoms with Crippen LogP contribution in [0.15, 0.2) is 0 Å². The molecule has 2 atom stereocenters. The van der Waals surface area contributed by atoms with Crippen molar-refractivity contribution in [2.24, 2.45) is 5.92 Å². The maximum atomic E-state index is 11.9. The SMILES string of the molecule is N#CC1CCCCC1NCCCCC(F)(F)F. The average Bonchev–Trinajstić information content (AvgIpc) is 2.27. The van der Waals surface area contributed by atoms with Gasteiger partial charge in [0, 0.05) is 12.5 Å². The molecule has 0 spiro atoms. The molecule has 0 amide bonds. The van der Waals surface area contributed by atoms with Gasteiger partial charge in [-0.15, -0.1) is 0 Å². The van der Waals surface area contributed by atoms with Gasteiger partial charge in [-0.2, -0.15) is 18.4 Å². The second kappa shape index (κ2) is 6.85. The predicted octanol–water partition coefficient (Wildman–Crippen LogP) is 3.39. The number of hydrogen-bond donors (Lipinski definition) is 1. The Hall–Kier alpha value is -0.760. The van der Waals surface area contributed by atoms with Crippen molar-refractivity contribution in [2.45, 2.75) is 57.2 Å². The third-order valence-corrected chi connectivity index (χ3v) is 3.23. The number of halogens is 3. The highest BCUT2D eigenvalue weighted by Gasteiger charge is 2.26. The van der Waals surface area contributed by atoms with Crippen LogP contribution in [0.5, 0.6) is 0 Å². The van der Waals surface area contributed by atoms with Crippen LogP contribution in [0.25, 0.3) is 0 Å². The lowest BCUT2D eigenvalue weighted by Gasteiger charge is -2.27. The second-order valence-corrected chi connectivity index (χ2v) is 4.65. The van der Waals surface area contributed by atoms with E-state index in [9.17, 15) is 13.2 Å². The first-order valence-corrected chi connectivity index (χ1v) is 6.22. The number of nitriles is 1. The van der Waals surface area contributed by atoms with Crippen LogP contribution in [-0.2, 0) is 0 Å². The van der Waals surface area contributed by atoms with Crippen molar-refractivity contribution in [3.05, 3.63) is 0 Å². The summed E-state index contributed by atoms with van der Waals surface area (Å²) in [4.78, 5) is 0. The lowest BCUT2D eigenvalue weighted by molar-refractivity contribution is -0.135. The summed E-state index contributed by atoms with van der Waals surface area (Å²) in [5, 5.41) is 12.2. The van der Waals surface area contributed by atoms with Gasteiger partial charge in [-0.3, -0.25) is 0 Å². The molecule has 2 unspecified atom stereocenters. The zero-order valence-electron chi connectivity index (χ0n) is 9.89. The van der Waals surface area contributed by atoms with Gasteiger partial charge in [0.15, 0.2) is 0 Å². The largest absolute Gasteiger partial charge is 0.389 e. The van der Waals surface area contributed by atoms with Gasteiger partial charge in [-0.1, -0.05) is 12.8 Å². The van der Waals surface area contributed by atoms with E-state index in [2.05, 4.69) is 11.4 Å². The molecule has 2 nitrogen and oxygen atoms in total. The molecule has 0 aliphatic heterocycles. The van der Waals surface area contributed by atoms with E-state index in [1.54, 1.807) is 0 Å². The molecule has 0 radical (unpaired) electrons. The lowest BCUT2D eigenvalue weighted by Crippen LogP contribution is -2.38. The molecule has 1 aliphatic rings. The van der Waals surface area contributed by atoms with Crippen molar-refractivity contribution < 1.29 is 13.2 Å². The minimum Gasteiger partial charge on any atom is -0.313 e. The van der Waals surface area contributed by atoms with Gasteiger partial charge in [-0.25, -0.2) is 0 Å². The molecule has 0 heterocycles. The molecule has 0 aromatic heterocycles. The smallest absolute Gasteiger partial charge is 0.313 e. The van der Waals surface area contributed by atoms with Crippen LogP contribution >= 0.6 is 0 Å². The Bertz CT molecular complexity index is 257. The lowest BCUT2D eigenvalue weighted by atomic mass is 9.85. The standard InChI is InChI=1S/C12H19F3N2/c13-12(14,15)7-3-4-8-17-11-6-2-1-5-10(11)9-16/h10-11,17H,1-8H2. The van der Waals surface area contributed by atoms with Crippen LogP contribution in [0.2, 0.25) is 0 Å². The summed E-state index contributed by atoms with van der Waals surface area (Å²) in [6.07, 6.45) is 0.0206. The normalized spacial score (nSPS) is 25.5. The summed E-state index contributed by atoms with van der Waals surface area (Å²) in [7, 11) is 0. The molecule has 1 rings (SSSR count). The summed E-state index contributed by atoms with van der Waals surface area (Å²) >= 11 is 0. The van der Waals surface area contributed by atoms with Crippen LogP contribution in [0.4, 0.5) is 13.2 Å². The number of nitrogens with zero attached hydrogens (tertiary/aromatic N) is 1. The van der Waals surface area contributed by atoms with Crippen molar-refractivity contribution in [1.29, 1.82) is 5.26 Å². The van der Waals surface area contributed by atoms with E-state index in [0.717, 1.165) is 25.7 Å². The number of unbranched alkanes of at least 4 members (excludes halogenated alkanes) is 1. The molecule has 5 heteroatoms. The van der Waals surface area contributed by atoms with E-state index >= 15 is 0 Å². The van der Waals surface area contributed by atoms with Gasteiger partial charge in [0.2, 0.25) is 0 Å². The molecule has 0 aromatic rings. The van der Waals surface area contributed by atoms with E-state index in [1.165, 1.54) is 0 Å². The van der Waals surface area contributed by atoms with E-state index in [-0.39, 0.29) is 18.4 Å². The molecular weight excluding hydrogens is 229 g/mol. The zero-order valence-corrected chi connectivity index (χ0v) is 9.89. The number of nitrogens with one attached hydrogen (secondary N) is 1. The van der Waals surface area contributed by atoms with Crippen LogP contribution in [0.1, 0.15) is 44.9 Å². The van der Waals surface area contributed by atoms with Gasteiger partial charge < -0.3 is 5.32 Å². The number of rotatable bonds is 5. The third-order valence-electron chi connectivity index (χ3n) is 3.23. The van der Waals surface area contributed by atoms with Crippen molar-refractivity contribution in [1.82, 2.24) is 5.32 Å². The predicted molar refractivity (Wildman–Crippen MR) is 59.3 cm³/mol. The molecule has 1 saturated carbocycles. The molecule has 1 N–H and O–H groups in total. The highest BCUT2D eigenvalue weighted by molar-refractivity contribution is 4.94. The van der Waals surface area contributed by atoms with E-state index in [4.69, 9.17) is 5.26 Å². The maximum Gasteiger partial charge on any atom is 0.389 e. The van der Waals surface area contributed by atoms with Gasteiger partial charge >= 0.3 is 6.18 Å². The molecular formula is C12H19F3N2. The van der Waals surface area contributed by atoms with E-state index in [1.807, 2.05) is 0 Å². The van der Waals surface area contributed by atoms with Crippen LogP contribution in [0.3, 0.4) is 0 Å². The maximum absolute atomic E-state index is 11.9. The number of hydrogen-bond acceptors (Lipinski definition) is 2. The minimum atomic E-state index is -4.04. The quantitative estimate of drug-likeness (QED) is 0.757. The van der Waals surface area contributed by atoms with Crippen molar-refractivity contribution in [2.75, 3.05) is 6.54 Å². The van der Waals surface area contributed by atoms with Crippen LogP contribution < -0.4 is 5.32 Å². The van der Waals surface area contributed by atoms with Crippen LogP contribution in [-0.4, -0.2) is 18.8 Å². The van der Waals surface area contributed by atoms with Gasteiger partial charge in [-0.05, 0) is 32.2 Å². The van der Waals surface area contributed by atoms with Crippen molar-refractivity contribution in [3.8, 4) is 6.07 Å². The highest BCUT2D eigenvalue weighted by Crippen LogP contribution is 2.24. The fourth-order valence-corrected chi connectivity index (χ4v) is 2.27. The summed E-state index contributed by atoms with van der Waals surface area (Å²) in [6, 6.07) is 2.46. The first kappa shape index (κ1) is 14.3. The Morgan fingerprint density at radius 3 is 2.53 bits per heavy atom. The number of alkyl halides is 3. The topological polar surface area (TPSA) is 35.8 Å². The van der Waals surface area contributed by atoms with Crippen molar-refractivity contribution in [3.63, 3.8) is 0 Å². The summed E-state index contributed by atoms with van der Waals surface area (Å²) in [5.74, 6) is 0.0337. The molecule has 0 saturated heterocycles. The zero-order chi connectivity index (χ0) is 12.7. The highest BCUT2D eigenvalue weighted by atomic mass is 19.4. The molecule has 17 heavy (non-hydrogen) atoms. The van der Waals surface area contributed by atoms with Crippen LogP contribution in [0, 0.1) is 17.2 Å². The molecule has 0 aromatic carbocycles. The first-order valence-electron chi connectivity index (χ1n) is 6.22. The summed E-state index contributed by atoms with van der Waals surface area (Å²) in [6.45, 7) is 0.582. The minimum absolute atomic E-state index is 0.0337. The monoisotopic (exact) mass is 248 g/mol. The molecule has 0 bridgehead atoms. The fourth-order valence-electron chi connectivity index (χ4n) is 2.27. The van der Waals surface area contributed by atoms with E-state index < -0.39 is 12.6 Å². The Morgan fingerprint density at radius 1 is 1.18 bits per heavy atom. The fraction of sp³-hybridized carbons (Fsp3) is 0.917. The van der Waals surface area contributed by atoms with E-state index in [0.29, 0.717) is 13.0 Å². The van der Waals surface area contributed by atoms with Gasteiger partial charge in [0.1, 0.15) is 0 Å². The molecule has 1 aliphatic carbocycles. The van der Waals surface area contributed by atoms with Gasteiger partial charge in [0.25, 0.3) is 0 Å².